The summed E-state index contributed by atoms with van der Waals surface area (Å²) in [4.78, 5) is 17.4. The monoisotopic (exact) mass is 325 g/mol. The van der Waals surface area contributed by atoms with Crippen LogP contribution in [0.3, 0.4) is 0 Å². The Morgan fingerprint density at radius 2 is 2.17 bits per heavy atom. The SMILES string of the molecule is CCc1nc2ccccc2n1[C@@H](CC)C(=O)NCCc1cn[nH]c1. The van der Waals surface area contributed by atoms with Crippen LogP contribution in [0, 0.1) is 0 Å². The number of nitrogens with zero attached hydrogens (tertiary/aromatic N) is 3. The molecule has 3 rings (SSSR count). The fourth-order valence-corrected chi connectivity index (χ4v) is 3.04. The second kappa shape index (κ2) is 7.29. The largest absolute Gasteiger partial charge is 0.354 e. The molecule has 0 fully saturated rings. The van der Waals surface area contributed by atoms with E-state index in [0.717, 1.165) is 41.7 Å². The Kier molecular flexibility index (Phi) is 4.93. The Balaban J connectivity index is 1.79. The predicted octanol–water partition coefficient (Wildman–Crippen LogP) is 2.63. The van der Waals surface area contributed by atoms with Gasteiger partial charge in [-0.2, -0.15) is 5.10 Å². The molecule has 0 saturated heterocycles. The number of carbonyl (C=O) groups is 1. The number of nitrogens with one attached hydrogen (secondary N) is 2. The molecule has 0 aliphatic carbocycles. The van der Waals surface area contributed by atoms with E-state index in [9.17, 15) is 4.79 Å². The van der Waals surface area contributed by atoms with Crippen molar-refractivity contribution in [2.24, 2.45) is 0 Å². The third kappa shape index (κ3) is 3.18. The molecule has 6 heteroatoms. The second-order valence-electron chi connectivity index (χ2n) is 5.81. The summed E-state index contributed by atoms with van der Waals surface area (Å²) in [5.74, 6) is 0.992. The van der Waals surface area contributed by atoms with E-state index in [1.807, 2.05) is 37.4 Å². The van der Waals surface area contributed by atoms with Crippen molar-refractivity contribution < 1.29 is 4.79 Å². The summed E-state index contributed by atoms with van der Waals surface area (Å²) in [6, 6.07) is 7.75. The lowest BCUT2D eigenvalue weighted by Gasteiger charge is -2.19. The predicted molar refractivity (Wildman–Crippen MR) is 93.7 cm³/mol. The van der Waals surface area contributed by atoms with E-state index in [2.05, 4.69) is 32.0 Å². The first kappa shape index (κ1) is 16.2. The van der Waals surface area contributed by atoms with E-state index in [-0.39, 0.29) is 11.9 Å². The molecule has 0 spiro atoms. The van der Waals surface area contributed by atoms with Crippen LogP contribution in [0.4, 0.5) is 0 Å². The first-order valence-corrected chi connectivity index (χ1v) is 8.45. The summed E-state index contributed by atoms with van der Waals surface area (Å²) in [6.45, 7) is 4.71. The first-order valence-electron chi connectivity index (χ1n) is 8.45. The Morgan fingerprint density at radius 3 is 2.88 bits per heavy atom. The van der Waals surface area contributed by atoms with E-state index in [0.29, 0.717) is 6.54 Å². The lowest BCUT2D eigenvalue weighted by Crippen LogP contribution is -2.34. The third-order valence-corrected chi connectivity index (χ3v) is 4.25. The fraction of sp³-hybridized carbons (Fsp3) is 0.389. The van der Waals surface area contributed by atoms with Gasteiger partial charge in [-0.15, -0.1) is 0 Å². The normalized spacial score (nSPS) is 12.4. The van der Waals surface area contributed by atoms with Crippen molar-refractivity contribution in [2.75, 3.05) is 6.54 Å². The zero-order valence-corrected chi connectivity index (χ0v) is 14.1. The Bertz CT molecular complexity index is 806. The number of amides is 1. The average molecular weight is 325 g/mol. The molecule has 0 bridgehead atoms. The summed E-state index contributed by atoms with van der Waals surface area (Å²) in [5, 5.41) is 9.75. The van der Waals surface area contributed by atoms with Gasteiger partial charge in [-0.3, -0.25) is 9.89 Å². The maximum Gasteiger partial charge on any atom is 0.243 e. The molecule has 2 aromatic heterocycles. The molecule has 6 nitrogen and oxygen atoms in total. The van der Waals surface area contributed by atoms with Gasteiger partial charge >= 0.3 is 0 Å². The summed E-state index contributed by atoms with van der Waals surface area (Å²) < 4.78 is 2.09. The maximum absolute atomic E-state index is 12.7. The highest BCUT2D eigenvalue weighted by Gasteiger charge is 2.23. The fourth-order valence-electron chi connectivity index (χ4n) is 3.04. The zero-order valence-electron chi connectivity index (χ0n) is 14.1. The number of benzene rings is 1. The van der Waals surface area contributed by atoms with Crippen molar-refractivity contribution >= 4 is 16.9 Å². The van der Waals surface area contributed by atoms with Crippen molar-refractivity contribution in [3.8, 4) is 0 Å². The smallest absolute Gasteiger partial charge is 0.243 e. The van der Waals surface area contributed by atoms with E-state index < -0.39 is 0 Å². The van der Waals surface area contributed by atoms with Crippen molar-refractivity contribution in [1.29, 1.82) is 0 Å². The van der Waals surface area contributed by atoms with Gasteiger partial charge in [0.15, 0.2) is 0 Å². The molecule has 0 radical (unpaired) electrons. The molecular weight excluding hydrogens is 302 g/mol. The minimum absolute atomic E-state index is 0.0406. The highest BCUT2D eigenvalue weighted by molar-refractivity contribution is 5.84. The van der Waals surface area contributed by atoms with Crippen molar-refractivity contribution in [3.05, 3.63) is 48.0 Å². The van der Waals surface area contributed by atoms with Crippen LogP contribution < -0.4 is 5.32 Å². The number of carbonyl (C=O) groups excluding carboxylic acids is 1. The number of H-pyrrole nitrogens is 1. The summed E-state index contributed by atoms with van der Waals surface area (Å²) >= 11 is 0. The van der Waals surface area contributed by atoms with Crippen LogP contribution in [0.5, 0.6) is 0 Å². The van der Waals surface area contributed by atoms with E-state index in [1.165, 1.54) is 0 Å². The van der Waals surface area contributed by atoms with Crippen LogP contribution in [-0.2, 0) is 17.6 Å². The van der Waals surface area contributed by atoms with Gasteiger partial charge in [0.05, 0.1) is 17.2 Å². The van der Waals surface area contributed by atoms with Gasteiger partial charge in [0, 0.05) is 19.2 Å². The molecule has 24 heavy (non-hydrogen) atoms. The molecule has 0 unspecified atom stereocenters. The van der Waals surface area contributed by atoms with Crippen molar-refractivity contribution in [2.45, 2.75) is 39.2 Å². The summed E-state index contributed by atoms with van der Waals surface area (Å²) in [5.41, 5.74) is 3.05. The lowest BCUT2D eigenvalue weighted by atomic mass is 10.1. The maximum atomic E-state index is 12.7. The summed E-state index contributed by atoms with van der Waals surface area (Å²) in [7, 11) is 0. The topological polar surface area (TPSA) is 75.6 Å². The van der Waals surface area contributed by atoms with Crippen molar-refractivity contribution in [1.82, 2.24) is 25.1 Å². The molecule has 1 atom stereocenters. The highest BCUT2D eigenvalue weighted by atomic mass is 16.2. The summed E-state index contributed by atoms with van der Waals surface area (Å²) in [6.07, 6.45) is 5.92. The van der Waals surface area contributed by atoms with Gasteiger partial charge in [-0.1, -0.05) is 26.0 Å². The molecule has 1 amide bonds. The molecular formula is C18H23N5O. The van der Waals surface area contributed by atoms with Crippen LogP contribution >= 0.6 is 0 Å². The number of hydrogen-bond donors (Lipinski definition) is 2. The second-order valence-corrected chi connectivity index (χ2v) is 5.81. The molecule has 2 heterocycles. The standard InChI is InChI=1S/C18H23N5O/c1-3-15(18(24)19-10-9-13-11-20-21-12-13)23-16-8-6-5-7-14(16)22-17(23)4-2/h5-8,11-12,15H,3-4,9-10H2,1-2H3,(H,19,24)(H,20,21)/t15-/m0/s1. The van der Waals surface area contributed by atoms with E-state index in [1.54, 1.807) is 6.20 Å². The molecule has 1 aromatic carbocycles. The number of aromatic amines is 1. The number of para-hydroxylation sites is 2. The van der Waals surface area contributed by atoms with E-state index >= 15 is 0 Å². The number of imidazole rings is 1. The molecule has 0 aliphatic heterocycles. The van der Waals surface area contributed by atoms with Crippen LogP contribution in [0.2, 0.25) is 0 Å². The van der Waals surface area contributed by atoms with Gasteiger partial charge < -0.3 is 9.88 Å². The van der Waals surface area contributed by atoms with Crippen LogP contribution in [0.1, 0.15) is 37.7 Å². The van der Waals surface area contributed by atoms with E-state index in [4.69, 9.17) is 0 Å². The number of aryl methyl sites for hydroxylation is 1. The minimum atomic E-state index is -0.239. The molecule has 2 N–H and O–H groups in total. The van der Waals surface area contributed by atoms with Crippen LogP contribution in [0.25, 0.3) is 11.0 Å². The Morgan fingerprint density at radius 1 is 1.33 bits per heavy atom. The Labute approximate surface area is 141 Å². The average Bonchev–Trinajstić information content (AvgIpc) is 3.23. The van der Waals surface area contributed by atoms with Gasteiger partial charge in [0.25, 0.3) is 0 Å². The quantitative estimate of drug-likeness (QED) is 0.701. The zero-order chi connectivity index (χ0) is 16.9. The van der Waals surface area contributed by atoms with Gasteiger partial charge in [0.2, 0.25) is 5.91 Å². The highest BCUT2D eigenvalue weighted by Crippen LogP contribution is 2.24. The number of hydrogen-bond acceptors (Lipinski definition) is 3. The number of aromatic nitrogens is 4. The molecule has 0 aliphatic rings. The third-order valence-electron chi connectivity index (χ3n) is 4.25. The molecule has 126 valence electrons. The van der Waals surface area contributed by atoms with Crippen molar-refractivity contribution in [3.63, 3.8) is 0 Å². The Hall–Kier alpha value is -2.63. The van der Waals surface area contributed by atoms with Gasteiger partial charge in [-0.05, 0) is 30.5 Å². The lowest BCUT2D eigenvalue weighted by molar-refractivity contribution is -0.124. The van der Waals surface area contributed by atoms with Gasteiger partial charge in [-0.25, -0.2) is 4.98 Å². The molecule has 0 saturated carbocycles. The first-order chi connectivity index (χ1) is 11.7. The number of fused-ring (bicyclic) bond motifs is 1. The molecule has 3 aromatic rings. The van der Waals surface area contributed by atoms with Crippen LogP contribution in [-0.4, -0.2) is 32.2 Å². The minimum Gasteiger partial charge on any atom is -0.354 e. The number of rotatable bonds is 7. The van der Waals surface area contributed by atoms with Crippen LogP contribution in [0.15, 0.2) is 36.7 Å². The van der Waals surface area contributed by atoms with Gasteiger partial charge in [0.1, 0.15) is 11.9 Å².